The van der Waals surface area contributed by atoms with Crippen molar-refractivity contribution in [2.24, 2.45) is 0 Å². The summed E-state index contributed by atoms with van der Waals surface area (Å²) in [4.78, 5) is 166. The summed E-state index contributed by atoms with van der Waals surface area (Å²) in [7, 11) is 4.60. The molecule has 0 radical (unpaired) electrons. The van der Waals surface area contributed by atoms with E-state index in [1.165, 1.54) is 54.1 Å². The molecule has 476 valence electrons. The summed E-state index contributed by atoms with van der Waals surface area (Å²) in [6, 6.07) is 0. The predicted octanol–water partition coefficient (Wildman–Crippen LogP) is 7.30. The Balaban J connectivity index is 2.22. The maximum atomic E-state index is 14.8. The molecule has 0 aromatic heterocycles. The number of ether oxygens (including phenoxy) is 3. The Labute approximate surface area is 630 Å². The summed E-state index contributed by atoms with van der Waals surface area (Å²) in [5.74, 6) is -7.67. The molecule has 0 aliphatic rings. The maximum Gasteiger partial charge on any atom is 0.303 e. The molecule has 9 amide bonds. The van der Waals surface area contributed by atoms with Crippen LogP contribution in [0.25, 0.3) is 0 Å². The summed E-state index contributed by atoms with van der Waals surface area (Å²) in [6.07, 6.45) is 4.42. The average Bonchev–Trinajstić information content (AvgIpc) is 1.57. The lowest BCUT2D eigenvalue weighted by Gasteiger charge is -2.30. The first-order valence-electron chi connectivity index (χ1n) is 25.4. The smallest absolute Gasteiger partial charge is 0.303 e. The van der Waals surface area contributed by atoms with E-state index >= 15 is 0 Å². The number of hydrogen-bond acceptors (Lipinski definition) is 16. The van der Waals surface area contributed by atoms with Crippen LogP contribution in [0.2, 0.25) is 0 Å². The standard InChI is InChI=1S/C54H57I9N10O15/c1-10-13-64-49(80)31-37(55)34(43(61)46(40(31)58)67-28(77)22-86-25(4)74)52(83)70(7)16-19-73(20-17-71(8)53(84)35-38(56)32(50(81)65-14-11-2)41(59)47(44(35)62)68-29(78)23-87-26(5)75)21-18-72(9)54(85)36-39(57)33(51(82)66-15-12-3)42(60)48(45(36)63)69-30(79)24-88-27(6)76/h10-12H,1-3,13-24H2,4-9H3,(H,64,80)(H,65,81)(H,66,82)(H,67,77)(H,68,78)(H,69,79). The van der Waals surface area contributed by atoms with Crippen molar-refractivity contribution in [3.63, 3.8) is 0 Å². The number of carbonyl (C=O) groups excluding carboxylic acids is 12. The van der Waals surface area contributed by atoms with Gasteiger partial charge in [0.25, 0.3) is 53.2 Å². The van der Waals surface area contributed by atoms with Crippen molar-refractivity contribution in [3.05, 3.63) is 103 Å². The molecule has 0 saturated carbocycles. The van der Waals surface area contributed by atoms with Crippen LogP contribution in [0.1, 0.15) is 82.9 Å². The summed E-state index contributed by atoms with van der Waals surface area (Å²) >= 11 is 17.1. The monoisotopic (exact) mass is 2230 g/mol. The van der Waals surface area contributed by atoms with Crippen LogP contribution in [0, 0.1) is 32.1 Å². The second-order valence-electron chi connectivity index (χ2n) is 18.2. The number of nitrogens with zero attached hydrogens (tertiary/aromatic N) is 4. The highest BCUT2D eigenvalue weighted by Gasteiger charge is 2.34. The Kier molecular flexibility index (Phi) is 34.5. The first kappa shape index (κ1) is 79.3. The van der Waals surface area contributed by atoms with Crippen molar-refractivity contribution in [3.8, 4) is 0 Å². The minimum Gasteiger partial charge on any atom is -0.456 e. The number of hydrogen-bond donors (Lipinski definition) is 6. The second-order valence-corrected chi connectivity index (χ2v) is 27.9. The molecule has 0 atom stereocenters. The van der Waals surface area contributed by atoms with Crippen LogP contribution in [0.4, 0.5) is 17.1 Å². The average molecular weight is 2230 g/mol. The van der Waals surface area contributed by atoms with E-state index in [9.17, 15) is 57.5 Å². The van der Waals surface area contributed by atoms with Gasteiger partial charge in [-0.3, -0.25) is 62.4 Å². The highest BCUT2D eigenvalue weighted by Crippen LogP contribution is 2.39. The van der Waals surface area contributed by atoms with Gasteiger partial charge in [0.2, 0.25) is 0 Å². The molecule has 25 nitrogen and oxygen atoms in total. The Morgan fingerprint density at radius 2 is 0.580 bits per heavy atom. The van der Waals surface area contributed by atoms with Crippen molar-refractivity contribution in [1.82, 2.24) is 35.6 Å². The van der Waals surface area contributed by atoms with Gasteiger partial charge >= 0.3 is 17.9 Å². The Bertz CT molecular complexity index is 3010. The lowest BCUT2D eigenvalue weighted by Crippen LogP contribution is -2.44. The summed E-state index contributed by atoms with van der Waals surface area (Å²) in [6.45, 7) is 13.0. The zero-order chi connectivity index (χ0) is 66.6. The zero-order valence-corrected chi connectivity index (χ0v) is 67.1. The van der Waals surface area contributed by atoms with Crippen LogP contribution in [-0.4, -0.2) is 191 Å². The number of esters is 3. The first-order valence-corrected chi connectivity index (χ1v) is 35.1. The van der Waals surface area contributed by atoms with Crippen LogP contribution in [0.3, 0.4) is 0 Å². The van der Waals surface area contributed by atoms with Gasteiger partial charge in [0.1, 0.15) is 0 Å². The summed E-state index contributed by atoms with van der Waals surface area (Å²) in [5.41, 5.74) is 0.835. The van der Waals surface area contributed by atoms with Gasteiger partial charge in [0.15, 0.2) is 19.8 Å². The maximum absolute atomic E-state index is 14.8. The van der Waals surface area contributed by atoms with E-state index in [4.69, 9.17) is 14.2 Å². The number of amides is 9. The van der Waals surface area contributed by atoms with Crippen LogP contribution in [0.15, 0.2) is 38.0 Å². The Morgan fingerprint density at radius 3 is 0.784 bits per heavy atom. The van der Waals surface area contributed by atoms with Crippen molar-refractivity contribution in [2.45, 2.75) is 20.8 Å². The van der Waals surface area contributed by atoms with Crippen molar-refractivity contribution in [2.75, 3.05) is 116 Å². The van der Waals surface area contributed by atoms with Crippen LogP contribution < -0.4 is 31.9 Å². The van der Waals surface area contributed by atoms with Crippen molar-refractivity contribution in [1.29, 1.82) is 0 Å². The Morgan fingerprint density at radius 1 is 0.364 bits per heavy atom. The highest BCUT2D eigenvalue weighted by atomic mass is 127. The molecule has 3 aromatic carbocycles. The second kappa shape index (κ2) is 38.3. The number of anilines is 3. The third kappa shape index (κ3) is 22.1. The fourth-order valence-electron chi connectivity index (χ4n) is 7.36. The fourth-order valence-corrected chi connectivity index (χ4v) is 20.5. The van der Waals surface area contributed by atoms with E-state index in [2.05, 4.69) is 51.6 Å². The predicted molar refractivity (Wildman–Crippen MR) is 404 cm³/mol. The fraction of sp³-hybridized carbons (Fsp3) is 0.333. The molecule has 0 aliphatic carbocycles. The molecule has 3 rings (SSSR count). The minimum atomic E-state index is -0.729. The van der Waals surface area contributed by atoms with Gasteiger partial charge in [0.05, 0.1) is 71.9 Å². The van der Waals surface area contributed by atoms with Crippen LogP contribution in [-0.2, 0) is 43.0 Å². The topological polar surface area (TPSA) is 318 Å². The molecule has 0 spiro atoms. The number of nitrogens with one attached hydrogen (secondary N) is 6. The lowest BCUT2D eigenvalue weighted by atomic mass is 10.1. The van der Waals surface area contributed by atoms with E-state index in [-0.39, 0.29) is 131 Å². The number of carbonyl (C=O) groups is 12. The molecule has 3 aromatic rings. The van der Waals surface area contributed by atoms with E-state index < -0.39 is 90.9 Å². The minimum absolute atomic E-state index is 0.00254. The van der Waals surface area contributed by atoms with Crippen LogP contribution in [0.5, 0.6) is 0 Å². The van der Waals surface area contributed by atoms with Gasteiger partial charge < -0.3 is 60.8 Å². The van der Waals surface area contributed by atoms with Gasteiger partial charge in [-0.1, -0.05) is 18.2 Å². The van der Waals surface area contributed by atoms with E-state index in [0.29, 0.717) is 10.7 Å². The van der Waals surface area contributed by atoms with E-state index in [1.54, 1.807) is 0 Å². The molecule has 0 saturated heterocycles. The third-order valence-corrected chi connectivity index (χ3v) is 21.5. The van der Waals surface area contributed by atoms with Gasteiger partial charge in [0, 0.05) is 112 Å². The molecular formula is C54H57I9N10O15. The highest BCUT2D eigenvalue weighted by molar-refractivity contribution is 14.1. The SMILES string of the molecule is C=CCNC(=O)c1c(I)c(NC(=O)COC(C)=O)c(I)c(C(=O)N(C)CCN(CCN(C)C(=O)c2c(I)c(NC(=O)COC(C)=O)c(I)c(C(=O)NCC=C)c2I)CCN(C)C(=O)c2c(I)c(NC(=O)COC(C)=O)c(I)c(C(=O)NCC=C)c2I)c1I. The molecule has 88 heavy (non-hydrogen) atoms. The molecule has 34 heteroatoms. The normalized spacial score (nSPS) is 10.6. The number of benzene rings is 3. The van der Waals surface area contributed by atoms with Gasteiger partial charge in [-0.05, 0) is 203 Å². The molecule has 0 bridgehead atoms. The Hall–Kier alpha value is -2.95. The zero-order valence-electron chi connectivity index (χ0n) is 47.7. The quantitative estimate of drug-likeness (QED) is 0.0165. The molecule has 0 fully saturated rings. The van der Waals surface area contributed by atoms with Crippen LogP contribution >= 0.6 is 203 Å². The largest absolute Gasteiger partial charge is 0.456 e. The third-order valence-electron chi connectivity index (χ3n) is 11.8. The van der Waals surface area contributed by atoms with E-state index in [0.717, 1.165) is 20.8 Å². The van der Waals surface area contributed by atoms with Crippen molar-refractivity contribution >= 4 is 291 Å². The summed E-state index contributed by atoms with van der Waals surface area (Å²) < 4.78 is 17.2. The lowest BCUT2D eigenvalue weighted by molar-refractivity contribution is -0.145. The number of halogens is 9. The summed E-state index contributed by atoms with van der Waals surface area (Å²) in [5, 5.41) is 16.2. The molecule has 0 heterocycles. The molecule has 0 aliphatic heterocycles. The van der Waals surface area contributed by atoms with Gasteiger partial charge in [-0.15, -0.1) is 19.7 Å². The van der Waals surface area contributed by atoms with E-state index in [1.807, 2.05) is 208 Å². The molecular weight excluding hydrogens is 2170 g/mol. The number of rotatable bonds is 30. The van der Waals surface area contributed by atoms with Gasteiger partial charge in [-0.25, -0.2) is 0 Å². The van der Waals surface area contributed by atoms with Gasteiger partial charge in [-0.2, -0.15) is 0 Å². The number of likely N-dealkylation sites (N-methyl/N-ethyl adjacent to an activating group) is 3. The molecule has 0 unspecified atom stereocenters. The molecule has 6 N–H and O–H groups in total. The van der Waals surface area contributed by atoms with Crippen molar-refractivity contribution < 1.29 is 71.7 Å². The first-order chi connectivity index (χ1) is 41.3.